The number of ether oxygens (including phenoxy) is 3. The molecule has 10 nitrogen and oxygen atoms in total. The van der Waals surface area contributed by atoms with Gasteiger partial charge in [-0.3, -0.25) is 19.7 Å². The summed E-state index contributed by atoms with van der Waals surface area (Å²) in [5.74, 6) is 0.779. The highest BCUT2D eigenvalue weighted by Crippen LogP contribution is 2.33. The molecule has 0 saturated carbocycles. The molecule has 0 fully saturated rings. The van der Waals surface area contributed by atoms with E-state index in [2.05, 4.69) is 0 Å². The Bertz CT molecular complexity index is 1310. The smallest absolute Gasteiger partial charge is 0.269 e. The van der Waals surface area contributed by atoms with Crippen LogP contribution in [0.2, 0.25) is 0 Å². The number of amides is 2. The second-order valence-electron chi connectivity index (χ2n) is 8.80. The van der Waals surface area contributed by atoms with Gasteiger partial charge in [0.1, 0.15) is 6.54 Å². The third kappa shape index (κ3) is 7.88. The number of methoxy groups -OCH3 is 1. The normalized spacial score (nSPS) is 12.0. The second kappa shape index (κ2) is 13.5. The van der Waals surface area contributed by atoms with E-state index in [1.54, 1.807) is 41.6 Å². The molecule has 0 spiro atoms. The minimum atomic E-state index is -0.479. The lowest BCUT2D eigenvalue weighted by molar-refractivity contribution is -0.384. The third-order valence-corrected chi connectivity index (χ3v) is 6.89. The number of benzene rings is 2. The van der Waals surface area contributed by atoms with Crippen molar-refractivity contribution in [2.24, 2.45) is 0 Å². The average Bonchev–Trinajstić information content (AvgIpc) is 3.63. The van der Waals surface area contributed by atoms with Crippen molar-refractivity contribution in [3.63, 3.8) is 0 Å². The van der Waals surface area contributed by atoms with Crippen LogP contribution in [0.5, 0.6) is 11.5 Å². The van der Waals surface area contributed by atoms with E-state index in [4.69, 9.17) is 14.2 Å². The van der Waals surface area contributed by atoms with Gasteiger partial charge in [0.2, 0.25) is 18.6 Å². The van der Waals surface area contributed by atoms with Crippen LogP contribution in [-0.2, 0) is 27.4 Å². The Morgan fingerprint density at radius 3 is 2.59 bits per heavy atom. The molecule has 0 bridgehead atoms. The quantitative estimate of drug-likeness (QED) is 0.133. The van der Waals surface area contributed by atoms with Gasteiger partial charge < -0.3 is 24.0 Å². The molecule has 2 amide bonds. The van der Waals surface area contributed by atoms with Gasteiger partial charge in [0.25, 0.3) is 5.69 Å². The number of nitro benzene ring substituents is 1. The van der Waals surface area contributed by atoms with Crippen molar-refractivity contribution in [3.05, 3.63) is 92.2 Å². The van der Waals surface area contributed by atoms with Crippen LogP contribution < -0.4 is 9.47 Å². The maximum Gasteiger partial charge on any atom is 0.269 e. The molecular weight excluding hydrogens is 522 g/mol. The summed E-state index contributed by atoms with van der Waals surface area (Å²) in [6, 6.07) is 15.4. The Kier molecular flexibility index (Phi) is 9.65. The van der Waals surface area contributed by atoms with Crippen molar-refractivity contribution in [3.8, 4) is 11.5 Å². The topological polar surface area (TPSA) is 111 Å². The number of carbonyl (C=O) groups excluding carboxylic acids is 2. The standard InChI is InChI=1S/C28H29N3O7S/c1-36-14-3-13-29(27(32)12-8-21-5-9-23(10-6-21)31(34)35)19-28(33)30(18-24-4-2-15-39-24)17-22-7-11-25-26(16-22)38-20-37-25/h2,4-12,15-16H,3,13-14,17-20H2,1H3. The first-order valence-corrected chi connectivity index (χ1v) is 13.2. The van der Waals surface area contributed by atoms with Gasteiger partial charge in [0.05, 0.1) is 11.5 Å². The summed E-state index contributed by atoms with van der Waals surface area (Å²) in [5, 5.41) is 12.8. The number of nitro groups is 1. The van der Waals surface area contributed by atoms with E-state index >= 15 is 0 Å². The van der Waals surface area contributed by atoms with E-state index in [1.165, 1.54) is 23.1 Å². The molecule has 3 aromatic rings. The Morgan fingerprint density at radius 1 is 1.08 bits per heavy atom. The molecule has 0 aliphatic carbocycles. The molecule has 1 aromatic heterocycles. The van der Waals surface area contributed by atoms with E-state index in [0.29, 0.717) is 49.7 Å². The van der Waals surface area contributed by atoms with Crippen molar-refractivity contribution in [1.29, 1.82) is 0 Å². The summed E-state index contributed by atoms with van der Waals surface area (Å²) in [4.78, 5) is 41.4. The maximum atomic E-state index is 13.6. The third-order valence-electron chi connectivity index (χ3n) is 6.03. The van der Waals surface area contributed by atoms with Gasteiger partial charge in [-0.05, 0) is 59.3 Å². The van der Waals surface area contributed by atoms with Crippen molar-refractivity contribution in [1.82, 2.24) is 9.80 Å². The molecule has 0 radical (unpaired) electrons. The highest BCUT2D eigenvalue weighted by molar-refractivity contribution is 7.09. The molecule has 0 unspecified atom stereocenters. The van der Waals surface area contributed by atoms with Crippen molar-refractivity contribution < 1.29 is 28.7 Å². The predicted molar refractivity (Wildman–Crippen MR) is 146 cm³/mol. The van der Waals surface area contributed by atoms with Gasteiger partial charge in [0.15, 0.2) is 11.5 Å². The Balaban J connectivity index is 1.48. The summed E-state index contributed by atoms with van der Waals surface area (Å²) in [6.07, 6.45) is 3.52. The van der Waals surface area contributed by atoms with Crippen molar-refractivity contribution >= 4 is 34.9 Å². The molecule has 2 heterocycles. The minimum absolute atomic E-state index is 0.0291. The molecule has 1 aliphatic heterocycles. The molecule has 0 saturated heterocycles. The van der Waals surface area contributed by atoms with Crippen LogP contribution in [0.3, 0.4) is 0 Å². The fraction of sp³-hybridized carbons (Fsp3) is 0.286. The Morgan fingerprint density at radius 2 is 1.87 bits per heavy atom. The van der Waals surface area contributed by atoms with Crippen LogP contribution in [0.15, 0.2) is 66.1 Å². The van der Waals surface area contributed by atoms with Crippen molar-refractivity contribution in [2.75, 3.05) is 33.6 Å². The summed E-state index contributed by atoms with van der Waals surface area (Å²) in [7, 11) is 1.58. The number of carbonyl (C=O) groups is 2. The molecule has 11 heteroatoms. The molecule has 0 atom stereocenters. The largest absolute Gasteiger partial charge is 0.454 e. The van der Waals surface area contributed by atoms with Gasteiger partial charge in [-0.2, -0.15) is 0 Å². The zero-order chi connectivity index (χ0) is 27.6. The first-order valence-electron chi connectivity index (χ1n) is 12.3. The van der Waals surface area contributed by atoms with Gasteiger partial charge in [0, 0.05) is 49.9 Å². The molecule has 4 rings (SSSR count). The highest BCUT2D eigenvalue weighted by Gasteiger charge is 2.22. The lowest BCUT2D eigenvalue weighted by atomic mass is 10.1. The van der Waals surface area contributed by atoms with Gasteiger partial charge in [-0.1, -0.05) is 12.1 Å². The zero-order valence-electron chi connectivity index (χ0n) is 21.5. The maximum absolute atomic E-state index is 13.6. The Hall–Kier alpha value is -4.22. The SMILES string of the molecule is COCCCN(CC(=O)N(Cc1ccc2c(c1)OCO2)Cc1cccs1)C(=O)C=Cc1ccc([N+](=O)[O-])cc1. The van der Waals surface area contributed by atoms with Crippen LogP contribution >= 0.6 is 11.3 Å². The number of fused-ring (bicyclic) bond motifs is 1. The molecular formula is C28H29N3O7S. The molecule has 1 aliphatic rings. The molecule has 204 valence electrons. The van der Waals surface area contributed by atoms with Crippen molar-refractivity contribution in [2.45, 2.75) is 19.5 Å². The van der Waals surface area contributed by atoms with Crippen LogP contribution in [-0.4, -0.2) is 60.1 Å². The van der Waals surface area contributed by atoms with Crippen LogP contribution in [0.25, 0.3) is 6.08 Å². The van der Waals surface area contributed by atoms with Gasteiger partial charge in [-0.25, -0.2) is 0 Å². The summed E-state index contributed by atoms with van der Waals surface area (Å²) in [5.41, 5.74) is 1.50. The summed E-state index contributed by atoms with van der Waals surface area (Å²) in [6.45, 7) is 1.58. The second-order valence-corrected chi connectivity index (χ2v) is 9.84. The van der Waals surface area contributed by atoms with Crippen LogP contribution in [0.1, 0.15) is 22.4 Å². The fourth-order valence-electron chi connectivity index (χ4n) is 3.99. The average molecular weight is 552 g/mol. The number of hydrogen-bond acceptors (Lipinski definition) is 8. The van der Waals surface area contributed by atoms with E-state index in [-0.39, 0.29) is 30.8 Å². The molecule has 39 heavy (non-hydrogen) atoms. The Labute approximate surface area is 230 Å². The van der Waals surface area contributed by atoms with Gasteiger partial charge >= 0.3 is 0 Å². The molecule has 0 N–H and O–H groups in total. The lowest BCUT2D eigenvalue weighted by Crippen LogP contribution is -2.42. The fourth-order valence-corrected chi connectivity index (χ4v) is 4.71. The lowest BCUT2D eigenvalue weighted by Gasteiger charge is -2.27. The number of thiophene rings is 1. The van der Waals surface area contributed by atoms with E-state index in [0.717, 1.165) is 10.4 Å². The van der Waals surface area contributed by atoms with Crippen LogP contribution in [0.4, 0.5) is 5.69 Å². The number of non-ortho nitro benzene ring substituents is 1. The van der Waals surface area contributed by atoms with E-state index < -0.39 is 4.92 Å². The summed E-state index contributed by atoms with van der Waals surface area (Å²) < 4.78 is 16.0. The predicted octanol–water partition coefficient (Wildman–Crippen LogP) is 4.49. The number of hydrogen-bond donors (Lipinski definition) is 0. The highest BCUT2D eigenvalue weighted by atomic mass is 32.1. The first kappa shape index (κ1) is 27.8. The number of nitrogens with zero attached hydrogens (tertiary/aromatic N) is 3. The van der Waals surface area contributed by atoms with E-state index in [1.807, 2.05) is 35.7 Å². The van der Waals surface area contributed by atoms with Gasteiger partial charge in [-0.15, -0.1) is 11.3 Å². The van der Waals surface area contributed by atoms with E-state index in [9.17, 15) is 19.7 Å². The monoisotopic (exact) mass is 551 g/mol. The summed E-state index contributed by atoms with van der Waals surface area (Å²) >= 11 is 1.56. The number of rotatable bonds is 13. The minimum Gasteiger partial charge on any atom is -0.454 e. The molecule has 2 aromatic carbocycles. The zero-order valence-corrected chi connectivity index (χ0v) is 22.3. The first-order chi connectivity index (χ1) is 18.9. The van der Waals surface area contributed by atoms with Crippen LogP contribution in [0, 0.1) is 10.1 Å².